The minimum atomic E-state index is -2.52. The molecule has 0 radical (unpaired) electrons. The van der Waals surface area contributed by atoms with Gasteiger partial charge in [-0.25, -0.2) is 0 Å². The number of rotatable bonds is 3. The molecule has 0 amide bonds. The molecule has 0 N–H and O–H groups in total. The Morgan fingerprint density at radius 1 is 1.12 bits per heavy atom. The van der Waals surface area contributed by atoms with Crippen LogP contribution in [0.4, 0.5) is 0 Å². The van der Waals surface area contributed by atoms with Crippen LogP contribution in [0.5, 0.6) is 0 Å². The first-order valence-corrected chi connectivity index (χ1v) is 5.62. The smallest absolute Gasteiger partial charge is 0.328 e. The van der Waals surface area contributed by atoms with Crippen molar-refractivity contribution in [3.8, 4) is 0 Å². The molecule has 1 aromatic rings. The topological polar surface area (TPSA) is 72.8 Å². The highest BCUT2D eigenvalue weighted by Crippen LogP contribution is 1.80. The predicted molar refractivity (Wildman–Crippen MR) is 59.3 cm³/mol. The van der Waals surface area contributed by atoms with E-state index >= 15 is 0 Å². The molecule has 0 aliphatic rings. The average Bonchev–Trinajstić information content (AvgIpc) is 2.30. The standard InChI is InChI=1S/C6H6.C4H7NO4S/c1-2-4-6-5-3-1;1-2-9-4(6)3-5-10(7)8/h1-6H;2-3H2,1H3. The third kappa shape index (κ3) is 10.4. The Labute approximate surface area is 95.8 Å². The van der Waals surface area contributed by atoms with Crippen LogP contribution < -0.4 is 0 Å². The Morgan fingerprint density at radius 2 is 1.56 bits per heavy atom. The van der Waals surface area contributed by atoms with Crippen molar-refractivity contribution in [1.82, 2.24) is 0 Å². The minimum absolute atomic E-state index is 0.236. The lowest BCUT2D eigenvalue weighted by Gasteiger charge is -1.93. The zero-order valence-corrected chi connectivity index (χ0v) is 9.68. The second kappa shape index (κ2) is 9.85. The number of esters is 1. The molecule has 0 saturated heterocycles. The summed E-state index contributed by atoms with van der Waals surface area (Å²) in [5, 5.41) is 0. The van der Waals surface area contributed by atoms with Gasteiger partial charge in [-0.15, -0.1) is 0 Å². The van der Waals surface area contributed by atoms with E-state index in [1.165, 1.54) is 0 Å². The molecule has 1 aromatic carbocycles. The number of ether oxygens (including phenoxy) is 1. The van der Waals surface area contributed by atoms with Crippen LogP contribution in [0.15, 0.2) is 40.8 Å². The Hall–Kier alpha value is -1.69. The van der Waals surface area contributed by atoms with Gasteiger partial charge in [-0.05, 0) is 6.92 Å². The molecule has 0 heterocycles. The quantitative estimate of drug-likeness (QED) is 0.750. The fraction of sp³-hybridized carbons (Fsp3) is 0.300. The first-order chi connectivity index (χ1) is 7.66. The van der Waals surface area contributed by atoms with Crippen molar-refractivity contribution in [2.75, 3.05) is 13.2 Å². The largest absolute Gasteiger partial charge is 0.465 e. The number of carbonyl (C=O) groups is 1. The molecule has 0 bridgehead atoms. The summed E-state index contributed by atoms with van der Waals surface area (Å²) in [6.45, 7) is 1.44. The predicted octanol–water partition coefficient (Wildman–Crippen LogP) is 1.30. The maximum atomic E-state index is 10.4. The van der Waals surface area contributed by atoms with Gasteiger partial charge in [0.15, 0.2) is 6.54 Å². The fourth-order valence-electron chi connectivity index (χ4n) is 0.697. The van der Waals surface area contributed by atoms with Gasteiger partial charge in [0.25, 0.3) is 0 Å². The molecule has 0 fully saturated rings. The molecule has 16 heavy (non-hydrogen) atoms. The highest BCUT2D eigenvalue weighted by atomic mass is 32.2. The zero-order valence-electron chi connectivity index (χ0n) is 8.87. The van der Waals surface area contributed by atoms with Crippen molar-refractivity contribution in [2.45, 2.75) is 6.92 Å². The number of benzene rings is 1. The van der Waals surface area contributed by atoms with Gasteiger partial charge in [-0.2, -0.15) is 12.8 Å². The van der Waals surface area contributed by atoms with Gasteiger partial charge in [0.05, 0.1) is 6.61 Å². The van der Waals surface area contributed by atoms with E-state index in [-0.39, 0.29) is 6.61 Å². The minimum Gasteiger partial charge on any atom is -0.465 e. The number of hydrogen-bond donors (Lipinski definition) is 0. The molecule has 0 aliphatic heterocycles. The molecule has 88 valence electrons. The van der Waals surface area contributed by atoms with Gasteiger partial charge < -0.3 is 4.74 Å². The summed E-state index contributed by atoms with van der Waals surface area (Å²) in [7, 11) is -2.52. The fourth-order valence-corrected chi connectivity index (χ4v) is 0.908. The van der Waals surface area contributed by atoms with Crippen molar-refractivity contribution in [2.24, 2.45) is 4.36 Å². The van der Waals surface area contributed by atoms with Gasteiger partial charge in [-0.3, -0.25) is 4.79 Å². The van der Waals surface area contributed by atoms with E-state index in [0.717, 1.165) is 0 Å². The van der Waals surface area contributed by atoms with Crippen LogP contribution in [0.1, 0.15) is 6.92 Å². The van der Waals surface area contributed by atoms with E-state index < -0.39 is 23.0 Å². The summed E-state index contributed by atoms with van der Waals surface area (Å²) in [6.07, 6.45) is 0. The second-order valence-electron chi connectivity index (χ2n) is 2.46. The molecule has 0 aliphatic carbocycles. The van der Waals surface area contributed by atoms with Crippen LogP contribution in [0.3, 0.4) is 0 Å². The lowest BCUT2D eigenvalue weighted by atomic mass is 10.4. The number of hydrogen-bond acceptors (Lipinski definition) is 5. The van der Waals surface area contributed by atoms with Gasteiger partial charge in [0.2, 0.25) is 0 Å². The Balaban J connectivity index is 0.000000315. The molecule has 0 atom stereocenters. The summed E-state index contributed by atoms with van der Waals surface area (Å²) < 4.78 is 26.7. The Bertz CT molecular complexity index is 379. The SMILES string of the molecule is CCOC(=O)CN=S(=O)=O.c1ccccc1. The van der Waals surface area contributed by atoms with Gasteiger partial charge in [0.1, 0.15) is 0 Å². The maximum Gasteiger partial charge on any atom is 0.328 e. The summed E-state index contributed by atoms with van der Waals surface area (Å²) >= 11 is 0. The molecule has 0 unspecified atom stereocenters. The molecule has 5 nitrogen and oxygen atoms in total. The first kappa shape index (κ1) is 14.3. The van der Waals surface area contributed by atoms with E-state index in [1.807, 2.05) is 36.4 Å². The summed E-state index contributed by atoms with van der Waals surface area (Å²) in [4.78, 5) is 10.4. The van der Waals surface area contributed by atoms with Crippen molar-refractivity contribution in [3.63, 3.8) is 0 Å². The number of carbonyl (C=O) groups excluding carboxylic acids is 1. The normalized spacial score (nSPS) is 8.31. The summed E-state index contributed by atoms with van der Waals surface area (Å²) in [5.41, 5.74) is 0. The van der Waals surface area contributed by atoms with Gasteiger partial charge in [0, 0.05) is 0 Å². The van der Waals surface area contributed by atoms with E-state index in [1.54, 1.807) is 6.92 Å². The lowest BCUT2D eigenvalue weighted by molar-refractivity contribution is -0.141. The second-order valence-corrected chi connectivity index (χ2v) is 3.16. The van der Waals surface area contributed by atoms with Crippen LogP contribution in [-0.2, 0) is 20.0 Å². The van der Waals surface area contributed by atoms with E-state index in [2.05, 4.69) is 9.10 Å². The van der Waals surface area contributed by atoms with Crippen molar-refractivity contribution in [1.29, 1.82) is 0 Å². The van der Waals surface area contributed by atoms with Gasteiger partial charge in [-0.1, -0.05) is 36.4 Å². The molecular weight excluding hydrogens is 230 g/mol. The highest BCUT2D eigenvalue weighted by Gasteiger charge is 1.97. The lowest BCUT2D eigenvalue weighted by Crippen LogP contribution is -2.06. The Kier molecular flexibility index (Phi) is 8.81. The summed E-state index contributed by atoms with van der Waals surface area (Å²) in [6, 6.07) is 12.0. The van der Waals surface area contributed by atoms with Crippen LogP contribution >= 0.6 is 0 Å². The zero-order chi connectivity index (χ0) is 12.2. The molecule has 0 spiro atoms. The average molecular weight is 243 g/mol. The maximum absolute atomic E-state index is 10.4. The Morgan fingerprint density at radius 3 is 1.88 bits per heavy atom. The summed E-state index contributed by atoms with van der Waals surface area (Å²) in [5.74, 6) is -0.633. The van der Waals surface area contributed by atoms with Crippen molar-refractivity contribution < 1.29 is 17.9 Å². The highest BCUT2D eigenvalue weighted by molar-refractivity contribution is 7.61. The van der Waals surface area contributed by atoms with Crippen LogP contribution in [0.2, 0.25) is 0 Å². The molecular formula is C10H13NO4S. The number of nitrogens with zero attached hydrogens (tertiary/aromatic N) is 1. The monoisotopic (exact) mass is 243 g/mol. The molecule has 1 rings (SSSR count). The van der Waals surface area contributed by atoms with E-state index in [4.69, 9.17) is 0 Å². The molecule has 6 heteroatoms. The van der Waals surface area contributed by atoms with E-state index in [9.17, 15) is 13.2 Å². The third-order valence-electron chi connectivity index (χ3n) is 1.27. The van der Waals surface area contributed by atoms with Gasteiger partial charge >= 0.3 is 16.5 Å². The van der Waals surface area contributed by atoms with Crippen LogP contribution in [0.25, 0.3) is 0 Å². The molecule has 0 saturated carbocycles. The van der Waals surface area contributed by atoms with Crippen molar-refractivity contribution in [3.05, 3.63) is 36.4 Å². The van der Waals surface area contributed by atoms with Crippen molar-refractivity contribution >= 4 is 16.5 Å². The van der Waals surface area contributed by atoms with E-state index in [0.29, 0.717) is 0 Å². The third-order valence-corrected chi connectivity index (χ3v) is 1.61. The van der Waals surface area contributed by atoms with Crippen LogP contribution in [-0.4, -0.2) is 27.5 Å². The first-order valence-electron chi connectivity index (χ1n) is 4.59. The van der Waals surface area contributed by atoms with Crippen LogP contribution in [0, 0.1) is 0 Å². The molecule has 0 aromatic heterocycles.